The van der Waals surface area contributed by atoms with Crippen LogP contribution < -0.4 is 5.32 Å². The number of Topliss-reactive ketones (excluding diaryl/α,β-unsaturated/α-hetero) is 1. The van der Waals surface area contributed by atoms with Gasteiger partial charge in [0.15, 0.2) is 20.7 Å². The van der Waals surface area contributed by atoms with E-state index in [4.69, 9.17) is 5.11 Å². The molecular weight excluding hydrogens is 355 g/mol. The molecule has 1 heterocycles. The van der Waals surface area contributed by atoms with Crippen LogP contribution >= 0.6 is 0 Å². The van der Waals surface area contributed by atoms with Gasteiger partial charge < -0.3 is 10.4 Å². The highest BCUT2D eigenvalue weighted by Gasteiger charge is 2.31. The molecule has 132 valence electrons. The Labute approximate surface area is 142 Å². The quantitative estimate of drug-likeness (QED) is 0.794. The number of nitrogens with zero attached hydrogens (tertiary/aromatic N) is 1. The summed E-state index contributed by atoms with van der Waals surface area (Å²) >= 11 is 0. The maximum atomic E-state index is 12.8. The van der Waals surface area contributed by atoms with Crippen LogP contribution in [0.5, 0.6) is 0 Å². The zero-order valence-electron chi connectivity index (χ0n) is 12.7. The van der Waals surface area contributed by atoms with Crippen LogP contribution in [0.15, 0.2) is 41.0 Å². The highest BCUT2D eigenvalue weighted by Crippen LogP contribution is 2.17. The van der Waals surface area contributed by atoms with Crippen molar-refractivity contribution in [3.8, 4) is 0 Å². The van der Waals surface area contributed by atoms with Gasteiger partial charge in [0, 0.05) is 23.9 Å². The third-order valence-corrected chi connectivity index (χ3v) is 4.86. The molecule has 25 heavy (non-hydrogen) atoms. The second-order valence-corrected chi connectivity index (χ2v) is 7.14. The van der Waals surface area contributed by atoms with Crippen LogP contribution in [0.3, 0.4) is 0 Å². The van der Waals surface area contributed by atoms with E-state index < -0.39 is 57.0 Å². The van der Waals surface area contributed by atoms with Crippen LogP contribution in [0, 0.1) is 5.82 Å². The van der Waals surface area contributed by atoms with Gasteiger partial charge in [-0.3, -0.25) is 14.4 Å². The molecule has 2 rings (SSSR count). The fourth-order valence-corrected chi connectivity index (χ4v) is 3.23. The fraction of sp³-hybridized carbons (Fsp3) is 0.200. The van der Waals surface area contributed by atoms with Crippen molar-refractivity contribution in [2.45, 2.75) is 12.8 Å². The monoisotopic (exact) mass is 368 g/mol. The minimum Gasteiger partial charge on any atom is -0.481 e. The number of nitrogens with one attached hydrogen (secondary N) is 1. The van der Waals surface area contributed by atoms with Gasteiger partial charge in [-0.1, -0.05) is 0 Å². The summed E-state index contributed by atoms with van der Waals surface area (Å²) < 4.78 is 36.7. The van der Waals surface area contributed by atoms with Gasteiger partial charge in [-0.15, -0.1) is 0 Å². The fourth-order valence-electron chi connectivity index (χ4n) is 1.96. The first kappa shape index (κ1) is 18.5. The Balaban J connectivity index is 2.14. The molecule has 0 bridgehead atoms. The maximum absolute atomic E-state index is 12.8. The molecule has 1 aromatic rings. The zero-order chi connectivity index (χ0) is 18.6. The van der Waals surface area contributed by atoms with Gasteiger partial charge in [0.05, 0.1) is 12.2 Å². The van der Waals surface area contributed by atoms with Crippen LogP contribution in [-0.2, 0) is 24.2 Å². The molecule has 2 N–H and O–H groups in total. The Hall–Kier alpha value is -2.88. The number of anilines is 1. The zero-order valence-corrected chi connectivity index (χ0v) is 13.5. The van der Waals surface area contributed by atoms with Gasteiger partial charge in [-0.2, -0.15) is 0 Å². The van der Waals surface area contributed by atoms with Crippen LogP contribution in [0.2, 0.25) is 0 Å². The maximum Gasteiger partial charge on any atom is 0.304 e. The molecule has 1 aliphatic heterocycles. The number of benzene rings is 1. The van der Waals surface area contributed by atoms with E-state index in [9.17, 15) is 27.2 Å². The number of carbonyl (C=O) groups is 3. The number of aliphatic imine (C=N–C) groups is 1. The molecule has 0 aliphatic carbocycles. The number of ketones is 1. The molecule has 0 fully saturated rings. The lowest BCUT2D eigenvalue weighted by atomic mass is 10.1. The summed E-state index contributed by atoms with van der Waals surface area (Å²) in [5.41, 5.74) is 0.232. The van der Waals surface area contributed by atoms with E-state index >= 15 is 0 Å². The van der Waals surface area contributed by atoms with Crippen LogP contribution in [0.1, 0.15) is 12.8 Å². The summed E-state index contributed by atoms with van der Waals surface area (Å²) in [4.78, 5) is 38.0. The number of carboxylic acid groups (broad SMARTS) is 1. The lowest BCUT2D eigenvalue weighted by Gasteiger charge is -2.13. The first-order valence-electron chi connectivity index (χ1n) is 7.00. The van der Waals surface area contributed by atoms with E-state index in [2.05, 4.69) is 10.3 Å². The Bertz CT molecular complexity index is 887. The molecule has 0 atom stereocenters. The van der Waals surface area contributed by atoms with Crippen molar-refractivity contribution in [3.05, 3.63) is 41.9 Å². The number of rotatable bonds is 5. The number of amides is 1. The Kier molecular flexibility index (Phi) is 5.42. The highest BCUT2D eigenvalue weighted by molar-refractivity contribution is 8.08. The second kappa shape index (κ2) is 7.34. The summed E-state index contributed by atoms with van der Waals surface area (Å²) in [6.45, 7) is 0. The van der Waals surface area contributed by atoms with Gasteiger partial charge in [0.2, 0.25) is 0 Å². The first-order chi connectivity index (χ1) is 11.7. The number of carbonyl (C=O) groups excluding carboxylic acids is 2. The van der Waals surface area contributed by atoms with Crippen molar-refractivity contribution in [2.24, 2.45) is 4.99 Å². The molecule has 0 aromatic heterocycles. The van der Waals surface area contributed by atoms with Gasteiger partial charge in [-0.25, -0.2) is 17.8 Å². The normalized spacial score (nSPS) is 14.5. The molecule has 1 aromatic carbocycles. The molecule has 1 aliphatic rings. The largest absolute Gasteiger partial charge is 0.481 e. The number of hydrogen-bond acceptors (Lipinski definition) is 6. The summed E-state index contributed by atoms with van der Waals surface area (Å²) in [7, 11) is -4.14. The number of hydrogen-bond donors (Lipinski definition) is 2. The van der Waals surface area contributed by atoms with E-state index in [1.807, 2.05) is 0 Å². The van der Waals surface area contributed by atoms with E-state index in [1.54, 1.807) is 0 Å². The minimum absolute atomic E-state index is 0.0634. The average molecular weight is 368 g/mol. The molecule has 10 heteroatoms. The third kappa shape index (κ3) is 4.80. The molecule has 8 nitrogen and oxygen atoms in total. The van der Waals surface area contributed by atoms with Crippen LogP contribution in [-0.4, -0.2) is 42.0 Å². The summed E-state index contributed by atoms with van der Waals surface area (Å²) in [6, 6.07) is 4.93. The number of halogens is 1. The Morgan fingerprint density at radius 2 is 1.88 bits per heavy atom. The molecule has 0 spiro atoms. The van der Waals surface area contributed by atoms with Crippen LogP contribution in [0.25, 0.3) is 0 Å². The van der Waals surface area contributed by atoms with Crippen molar-refractivity contribution in [2.75, 3.05) is 11.1 Å². The number of carboxylic acids is 1. The summed E-state index contributed by atoms with van der Waals surface area (Å²) in [5.74, 6) is -4.12. The number of aliphatic carboxylic acids is 1. The van der Waals surface area contributed by atoms with Crippen molar-refractivity contribution >= 4 is 38.2 Å². The lowest BCUT2D eigenvalue weighted by Crippen LogP contribution is -2.31. The molecular formula is C15H13FN2O6S. The molecule has 1 amide bonds. The summed E-state index contributed by atoms with van der Waals surface area (Å²) in [5, 5.41) is 10.2. The van der Waals surface area contributed by atoms with E-state index in [1.165, 1.54) is 12.1 Å². The van der Waals surface area contributed by atoms with Crippen molar-refractivity contribution in [3.63, 3.8) is 0 Å². The highest BCUT2D eigenvalue weighted by atomic mass is 32.2. The van der Waals surface area contributed by atoms with Gasteiger partial charge in [0.1, 0.15) is 5.82 Å². The predicted octanol–water partition coefficient (Wildman–Crippen LogP) is 0.909. The summed E-state index contributed by atoms with van der Waals surface area (Å²) in [6.07, 6.45) is -0.192. The predicted molar refractivity (Wildman–Crippen MR) is 86.2 cm³/mol. The smallest absolute Gasteiger partial charge is 0.304 e. The Morgan fingerprint density at radius 3 is 2.44 bits per heavy atom. The second-order valence-electron chi connectivity index (χ2n) is 5.11. The molecule has 0 radical (unpaired) electrons. The molecule has 0 saturated carbocycles. The van der Waals surface area contributed by atoms with Gasteiger partial charge in [0.25, 0.3) is 5.91 Å². The van der Waals surface area contributed by atoms with Crippen molar-refractivity contribution < 1.29 is 32.3 Å². The standard InChI is InChI=1S/C15H13FN2O6S/c16-10-1-3-11(4-2-10)18-14(22)9-7-12(19)15(17-8-9)25(23,24)6-5-13(20)21/h1-4,8H,5-7H2,(H,18,22)(H,20,21). The van der Waals surface area contributed by atoms with E-state index in [-0.39, 0.29) is 5.57 Å². The lowest BCUT2D eigenvalue weighted by molar-refractivity contribution is -0.136. The third-order valence-electron chi connectivity index (χ3n) is 3.20. The van der Waals surface area contributed by atoms with Gasteiger partial charge >= 0.3 is 5.97 Å². The topological polar surface area (TPSA) is 130 Å². The average Bonchev–Trinajstić information content (AvgIpc) is 2.55. The molecule has 0 unspecified atom stereocenters. The first-order valence-corrected chi connectivity index (χ1v) is 8.66. The Morgan fingerprint density at radius 1 is 1.24 bits per heavy atom. The van der Waals surface area contributed by atoms with E-state index in [0.29, 0.717) is 5.69 Å². The van der Waals surface area contributed by atoms with E-state index in [0.717, 1.165) is 18.3 Å². The molecule has 0 saturated heterocycles. The van der Waals surface area contributed by atoms with Crippen molar-refractivity contribution in [1.82, 2.24) is 0 Å². The van der Waals surface area contributed by atoms with Gasteiger partial charge in [-0.05, 0) is 24.3 Å². The van der Waals surface area contributed by atoms with Crippen molar-refractivity contribution in [1.29, 1.82) is 0 Å². The number of sulfone groups is 1. The minimum atomic E-state index is -4.14. The SMILES string of the molecule is O=C(O)CCS(=O)(=O)C1=NC=C(C(=O)Nc2ccc(F)cc2)CC1=O. The van der Waals surface area contributed by atoms with Crippen LogP contribution in [0.4, 0.5) is 10.1 Å².